The molecule has 0 aliphatic carbocycles. The second-order valence-electron chi connectivity index (χ2n) is 8.49. The molecule has 0 bridgehead atoms. The van der Waals surface area contributed by atoms with E-state index in [0.29, 0.717) is 38.5 Å². The molecule has 190 valence electrons. The van der Waals surface area contributed by atoms with Crippen molar-refractivity contribution in [2.45, 2.75) is 83.6 Å². The van der Waals surface area contributed by atoms with Gasteiger partial charge in [-0.05, 0) is 52.0 Å². The summed E-state index contributed by atoms with van der Waals surface area (Å²) in [6, 6.07) is -4.83. The maximum absolute atomic E-state index is 12.6. The lowest BCUT2D eigenvalue weighted by molar-refractivity contribution is -0.134. The van der Waals surface area contributed by atoms with E-state index in [4.69, 9.17) is 11.5 Å². The lowest BCUT2D eigenvalue weighted by Crippen LogP contribution is -2.58. The number of unbranched alkanes of at least 4 members (excludes halogenated alkanes) is 1. The minimum absolute atomic E-state index is 0.0799. The fourth-order valence-electron chi connectivity index (χ4n) is 2.84. The summed E-state index contributed by atoms with van der Waals surface area (Å²) in [6.07, 6.45) is 2.63. The number of aldehydes is 1. The van der Waals surface area contributed by atoms with E-state index < -0.39 is 60.4 Å². The quantitative estimate of drug-likeness (QED) is 0.0954. The molecule has 12 nitrogen and oxygen atoms in total. The van der Waals surface area contributed by atoms with Crippen LogP contribution < -0.4 is 32.7 Å². The zero-order chi connectivity index (χ0) is 25.6. The van der Waals surface area contributed by atoms with E-state index in [1.165, 1.54) is 13.8 Å². The van der Waals surface area contributed by atoms with Gasteiger partial charge >= 0.3 is 0 Å². The van der Waals surface area contributed by atoms with Gasteiger partial charge in [-0.25, -0.2) is 0 Å². The van der Waals surface area contributed by atoms with Crippen molar-refractivity contribution in [3.8, 4) is 0 Å². The number of aliphatic hydroxyl groups excluding tert-OH is 1. The van der Waals surface area contributed by atoms with Crippen LogP contribution in [0.3, 0.4) is 0 Å². The molecule has 4 amide bonds. The minimum atomic E-state index is -1.31. The van der Waals surface area contributed by atoms with Crippen molar-refractivity contribution < 1.29 is 29.1 Å². The first-order valence-corrected chi connectivity index (χ1v) is 11.2. The van der Waals surface area contributed by atoms with Gasteiger partial charge in [-0.3, -0.25) is 19.2 Å². The SMILES string of the molecule is CC(C)C[C@H](NC(=O)[C@H](C)N)C(=O)N[C@@H](C)C(=O)N[C@@H](CO)C(=O)N[C@H](C=O)CCCCN. The van der Waals surface area contributed by atoms with Crippen LogP contribution in [0, 0.1) is 5.92 Å². The average molecular weight is 473 g/mol. The highest BCUT2D eigenvalue weighted by atomic mass is 16.3. The third-order valence-electron chi connectivity index (χ3n) is 4.78. The molecule has 12 heteroatoms. The normalized spacial score (nSPS) is 15.5. The first kappa shape index (κ1) is 30.4. The molecule has 0 aromatic carbocycles. The Hall–Kier alpha value is -2.57. The second-order valence-corrected chi connectivity index (χ2v) is 8.49. The summed E-state index contributed by atoms with van der Waals surface area (Å²) in [5.74, 6) is -2.44. The van der Waals surface area contributed by atoms with Crippen LogP contribution in [0.15, 0.2) is 0 Å². The number of carbonyl (C=O) groups is 5. The van der Waals surface area contributed by atoms with E-state index in [-0.39, 0.29) is 5.92 Å². The Morgan fingerprint density at radius 2 is 1.42 bits per heavy atom. The van der Waals surface area contributed by atoms with E-state index >= 15 is 0 Å². The summed E-state index contributed by atoms with van der Waals surface area (Å²) in [4.78, 5) is 60.6. The Morgan fingerprint density at radius 1 is 0.848 bits per heavy atom. The summed E-state index contributed by atoms with van der Waals surface area (Å²) in [5.41, 5.74) is 11.0. The molecule has 0 saturated carbocycles. The van der Waals surface area contributed by atoms with Crippen LogP contribution in [0.25, 0.3) is 0 Å². The minimum Gasteiger partial charge on any atom is -0.394 e. The maximum Gasteiger partial charge on any atom is 0.245 e. The van der Waals surface area contributed by atoms with Crippen LogP contribution in [-0.2, 0) is 24.0 Å². The van der Waals surface area contributed by atoms with Crippen molar-refractivity contribution in [2.24, 2.45) is 17.4 Å². The smallest absolute Gasteiger partial charge is 0.245 e. The highest BCUT2D eigenvalue weighted by molar-refractivity contribution is 5.94. The van der Waals surface area contributed by atoms with Crippen LogP contribution in [0.1, 0.15) is 53.4 Å². The lowest BCUT2D eigenvalue weighted by atomic mass is 10.0. The Balaban J connectivity index is 4.98. The highest BCUT2D eigenvalue weighted by Gasteiger charge is 2.28. The fraction of sp³-hybridized carbons (Fsp3) is 0.762. The van der Waals surface area contributed by atoms with Gasteiger partial charge in [0.15, 0.2) is 0 Å². The van der Waals surface area contributed by atoms with E-state index in [1.54, 1.807) is 0 Å². The number of aliphatic hydroxyl groups is 1. The number of amides is 4. The van der Waals surface area contributed by atoms with Gasteiger partial charge in [0.2, 0.25) is 23.6 Å². The molecule has 33 heavy (non-hydrogen) atoms. The number of nitrogens with two attached hydrogens (primary N) is 2. The standard InChI is InChI=1S/C21H40N6O6/c1-12(2)9-16(26-18(30)13(3)23)20(32)24-14(4)19(31)27-17(11-29)21(33)25-15(10-28)7-5-6-8-22/h10,12-17,29H,5-9,11,22-23H2,1-4H3,(H,24,32)(H,25,33)(H,26,30)(H,27,31)/t13-,14-,15-,16-,17-/m0/s1. The van der Waals surface area contributed by atoms with E-state index in [1.807, 2.05) is 13.8 Å². The van der Waals surface area contributed by atoms with Gasteiger partial charge in [0.1, 0.15) is 24.4 Å². The van der Waals surface area contributed by atoms with Gasteiger partial charge < -0.3 is 42.6 Å². The molecule has 0 unspecified atom stereocenters. The summed E-state index contributed by atoms with van der Waals surface area (Å²) in [5, 5.41) is 19.4. The molecule has 0 spiro atoms. The van der Waals surface area contributed by atoms with Crippen LogP contribution in [0.5, 0.6) is 0 Å². The van der Waals surface area contributed by atoms with Crippen LogP contribution in [0.2, 0.25) is 0 Å². The Kier molecular flexibility index (Phi) is 14.9. The van der Waals surface area contributed by atoms with Gasteiger partial charge in [0.05, 0.1) is 18.7 Å². The van der Waals surface area contributed by atoms with Crippen LogP contribution >= 0.6 is 0 Å². The van der Waals surface area contributed by atoms with Crippen molar-refractivity contribution in [3.05, 3.63) is 0 Å². The molecule has 0 aliphatic heterocycles. The molecule has 0 radical (unpaired) electrons. The molecular formula is C21H40N6O6. The van der Waals surface area contributed by atoms with Gasteiger partial charge in [-0.1, -0.05) is 13.8 Å². The van der Waals surface area contributed by atoms with Crippen LogP contribution in [-0.4, -0.2) is 78.4 Å². The van der Waals surface area contributed by atoms with Gasteiger partial charge in [0.25, 0.3) is 0 Å². The van der Waals surface area contributed by atoms with E-state index in [2.05, 4.69) is 21.3 Å². The molecule has 0 aliphatic rings. The van der Waals surface area contributed by atoms with E-state index in [0.717, 1.165) is 0 Å². The Bertz CT molecular complexity index is 657. The third-order valence-corrected chi connectivity index (χ3v) is 4.78. The molecule has 0 rings (SSSR count). The molecule has 0 fully saturated rings. The number of hydrogen-bond donors (Lipinski definition) is 7. The average Bonchev–Trinajstić information content (AvgIpc) is 2.75. The summed E-state index contributed by atoms with van der Waals surface area (Å²) < 4.78 is 0. The summed E-state index contributed by atoms with van der Waals surface area (Å²) in [7, 11) is 0. The largest absolute Gasteiger partial charge is 0.394 e. The first-order chi connectivity index (χ1) is 15.5. The molecule has 0 aromatic rings. The van der Waals surface area contributed by atoms with Crippen molar-refractivity contribution in [2.75, 3.05) is 13.2 Å². The Morgan fingerprint density at radius 3 is 1.91 bits per heavy atom. The van der Waals surface area contributed by atoms with Gasteiger partial charge in [0, 0.05) is 0 Å². The summed E-state index contributed by atoms with van der Waals surface area (Å²) in [6.45, 7) is 6.41. The van der Waals surface area contributed by atoms with Crippen molar-refractivity contribution in [1.29, 1.82) is 0 Å². The number of carbonyl (C=O) groups excluding carboxylic acids is 5. The zero-order valence-corrected chi connectivity index (χ0v) is 19.9. The third kappa shape index (κ3) is 12.3. The predicted octanol–water partition coefficient (Wildman–Crippen LogP) is -2.34. The second kappa shape index (κ2) is 16.1. The maximum atomic E-state index is 12.6. The van der Waals surface area contributed by atoms with E-state index in [9.17, 15) is 29.1 Å². The first-order valence-electron chi connectivity index (χ1n) is 11.2. The topological polar surface area (TPSA) is 206 Å². The fourth-order valence-corrected chi connectivity index (χ4v) is 2.84. The van der Waals surface area contributed by atoms with Crippen molar-refractivity contribution in [1.82, 2.24) is 21.3 Å². The van der Waals surface area contributed by atoms with Gasteiger partial charge in [-0.2, -0.15) is 0 Å². The number of hydrogen-bond acceptors (Lipinski definition) is 8. The zero-order valence-electron chi connectivity index (χ0n) is 19.9. The molecule has 0 aromatic heterocycles. The highest BCUT2D eigenvalue weighted by Crippen LogP contribution is 2.06. The molecular weight excluding hydrogens is 432 g/mol. The number of nitrogens with one attached hydrogen (secondary N) is 4. The van der Waals surface area contributed by atoms with Crippen LogP contribution in [0.4, 0.5) is 0 Å². The lowest BCUT2D eigenvalue weighted by Gasteiger charge is -2.24. The molecule has 0 heterocycles. The molecule has 9 N–H and O–H groups in total. The van der Waals surface area contributed by atoms with Crippen molar-refractivity contribution in [3.63, 3.8) is 0 Å². The molecule has 0 saturated heterocycles. The monoisotopic (exact) mass is 472 g/mol. The summed E-state index contributed by atoms with van der Waals surface area (Å²) >= 11 is 0. The predicted molar refractivity (Wildman–Crippen MR) is 123 cm³/mol. The number of rotatable bonds is 16. The van der Waals surface area contributed by atoms with Crippen molar-refractivity contribution >= 4 is 29.9 Å². The Labute approximate surface area is 195 Å². The molecule has 5 atom stereocenters. The van der Waals surface area contributed by atoms with Gasteiger partial charge in [-0.15, -0.1) is 0 Å².